The van der Waals surface area contributed by atoms with Gasteiger partial charge < -0.3 is 15.0 Å². The standard InChI is InChI=1S/C15H24N4O3S2/c1-5-10(3)23-15-18-17-14(24-15)16-13(21)11-6-12(20)19(7-11)9(2)8-22-4/h9-11H,5-8H2,1-4H3,(H,16,17,21). The van der Waals surface area contributed by atoms with Crippen molar-refractivity contribution in [3.05, 3.63) is 0 Å². The van der Waals surface area contributed by atoms with Crippen molar-refractivity contribution in [2.24, 2.45) is 5.92 Å². The Bertz CT molecular complexity index is 581. The normalized spacial score (nSPS) is 20.2. The number of amides is 2. The Kier molecular flexibility index (Phi) is 7.00. The summed E-state index contributed by atoms with van der Waals surface area (Å²) in [4.78, 5) is 26.2. The molecule has 1 saturated heterocycles. The Morgan fingerprint density at radius 2 is 2.25 bits per heavy atom. The summed E-state index contributed by atoms with van der Waals surface area (Å²) in [6, 6.07) is -0.0274. The van der Waals surface area contributed by atoms with Crippen molar-refractivity contribution in [1.29, 1.82) is 0 Å². The molecule has 0 saturated carbocycles. The van der Waals surface area contributed by atoms with Crippen LogP contribution in [0.4, 0.5) is 5.13 Å². The number of nitrogens with zero attached hydrogens (tertiary/aromatic N) is 3. The summed E-state index contributed by atoms with van der Waals surface area (Å²) < 4.78 is 5.93. The smallest absolute Gasteiger partial charge is 0.231 e. The monoisotopic (exact) mass is 372 g/mol. The van der Waals surface area contributed by atoms with E-state index in [0.29, 0.717) is 23.5 Å². The summed E-state index contributed by atoms with van der Waals surface area (Å²) in [6.07, 6.45) is 1.28. The maximum Gasteiger partial charge on any atom is 0.231 e. The van der Waals surface area contributed by atoms with E-state index in [2.05, 4.69) is 29.4 Å². The van der Waals surface area contributed by atoms with Gasteiger partial charge in [-0.2, -0.15) is 0 Å². The Labute approximate surface area is 150 Å². The Hall–Kier alpha value is -1.19. The van der Waals surface area contributed by atoms with E-state index < -0.39 is 0 Å². The van der Waals surface area contributed by atoms with E-state index in [1.807, 2.05) is 6.92 Å². The quantitative estimate of drug-likeness (QED) is 0.556. The summed E-state index contributed by atoms with van der Waals surface area (Å²) >= 11 is 3.02. The first kappa shape index (κ1) is 19.1. The zero-order valence-electron chi connectivity index (χ0n) is 14.4. The summed E-state index contributed by atoms with van der Waals surface area (Å²) in [5, 5.41) is 11.8. The number of aromatic nitrogens is 2. The number of anilines is 1. The summed E-state index contributed by atoms with van der Waals surface area (Å²) in [6.45, 7) is 7.05. The van der Waals surface area contributed by atoms with Crippen molar-refractivity contribution in [2.75, 3.05) is 25.6 Å². The van der Waals surface area contributed by atoms with Crippen LogP contribution in [0.15, 0.2) is 4.34 Å². The Morgan fingerprint density at radius 3 is 2.92 bits per heavy atom. The van der Waals surface area contributed by atoms with Gasteiger partial charge in [0.1, 0.15) is 0 Å². The maximum atomic E-state index is 12.4. The van der Waals surface area contributed by atoms with E-state index in [1.54, 1.807) is 23.8 Å². The molecule has 1 aromatic heterocycles. The zero-order valence-corrected chi connectivity index (χ0v) is 16.1. The van der Waals surface area contributed by atoms with Gasteiger partial charge in [-0.1, -0.05) is 36.9 Å². The first-order valence-electron chi connectivity index (χ1n) is 8.04. The number of hydrogen-bond donors (Lipinski definition) is 1. The fraction of sp³-hybridized carbons (Fsp3) is 0.733. The summed E-state index contributed by atoms with van der Waals surface area (Å²) in [5.74, 6) is -0.539. The Morgan fingerprint density at radius 1 is 1.50 bits per heavy atom. The number of thioether (sulfide) groups is 1. The number of hydrogen-bond acceptors (Lipinski definition) is 7. The van der Waals surface area contributed by atoms with Crippen LogP contribution in [0.2, 0.25) is 0 Å². The average molecular weight is 373 g/mol. The molecule has 1 aliphatic rings. The predicted molar refractivity (Wildman–Crippen MR) is 95.3 cm³/mol. The molecule has 3 unspecified atom stereocenters. The molecule has 9 heteroatoms. The van der Waals surface area contributed by atoms with Gasteiger partial charge >= 0.3 is 0 Å². The number of nitrogens with one attached hydrogen (secondary N) is 1. The molecule has 2 heterocycles. The minimum absolute atomic E-state index is 0.00928. The van der Waals surface area contributed by atoms with Crippen molar-refractivity contribution < 1.29 is 14.3 Å². The minimum Gasteiger partial charge on any atom is -0.383 e. The van der Waals surface area contributed by atoms with Crippen LogP contribution in [-0.4, -0.2) is 58.5 Å². The molecule has 0 spiro atoms. The highest BCUT2D eigenvalue weighted by atomic mass is 32.2. The molecule has 0 aromatic carbocycles. The van der Waals surface area contributed by atoms with E-state index in [-0.39, 0.29) is 30.2 Å². The van der Waals surface area contributed by atoms with E-state index in [1.165, 1.54) is 11.3 Å². The molecule has 0 bridgehead atoms. The van der Waals surface area contributed by atoms with Gasteiger partial charge in [-0.15, -0.1) is 10.2 Å². The van der Waals surface area contributed by atoms with Crippen LogP contribution < -0.4 is 5.32 Å². The second-order valence-corrected chi connectivity index (χ2v) is 8.61. The van der Waals surface area contributed by atoms with E-state index in [4.69, 9.17) is 4.74 Å². The third-order valence-electron chi connectivity index (χ3n) is 3.98. The van der Waals surface area contributed by atoms with Gasteiger partial charge in [0.15, 0.2) is 4.34 Å². The Balaban J connectivity index is 1.90. The fourth-order valence-electron chi connectivity index (χ4n) is 2.44. The van der Waals surface area contributed by atoms with Crippen molar-refractivity contribution >= 4 is 40.0 Å². The molecule has 3 atom stereocenters. The number of likely N-dealkylation sites (tertiary alicyclic amines) is 1. The van der Waals surface area contributed by atoms with Crippen LogP contribution in [0.1, 0.15) is 33.6 Å². The molecular weight excluding hydrogens is 348 g/mol. The van der Waals surface area contributed by atoms with Crippen LogP contribution >= 0.6 is 23.1 Å². The number of methoxy groups -OCH3 is 1. The molecule has 7 nitrogen and oxygen atoms in total. The maximum absolute atomic E-state index is 12.4. The van der Waals surface area contributed by atoms with Crippen LogP contribution in [0, 0.1) is 5.92 Å². The van der Waals surface area contributed by atoms with Crippen LogP contribution in [0.25, 0.3) is 0 Å². The topological polar surface area (TPSA) is 84.4 Å². The van der Waals surface area contributed by atoms with Crippen molar-refractivity contribution in [3.8, 4) is 0 Å². The van der Waals surface area contributed by atoms with E-state index >= 15 is 0 Å². The molecule has 0 radical (unpaired) electrons. The van der Waals surface area contributed by atoms with Gasteiger partial charge in [0, 0.05) is 25.3 Å². The number of ether oxygens (including phenoxy) is 1. The molecule has 1 aromatic rings. The molecule has 134 valence electrons. The highest BCUT2D eigenvalue weighted by molar-refractivity contribution is 8.01. The molecule has 24 heavy (non-hydrogen) atoms. The highest BCUT2D eigenvalue weighted by Crippen LogP contribution is 2.30. The largest absolute Gasteiger partial charge is 0.383 e. The van der Waals surface area contributed by atoms with E-state index in [0.717, 1.165) is 10.8 Å². The van der Waals surface area contributed by atoms with E-state index in [9.17, 15) is 9.59 Å². The van der Waals surface area contributed by atoms with Crippen molar-refractivity contribution in [3.63, 3.8) is 0 Å². The number of carbonyl (C=O) groups is 2. The van der Waals surface area contributed by atoms with Crippen LogP contribution in [-0.2, 0) is 14.3 Å². The lowest BCUT2D eigenvalue weighted by Crippen LogP contribution is -2.38. The first-order valence-corrected chi connectivity index (χ1v) is 9.73. The van der Waals surface area contributed by atoms with Gasteiger partial charge in [-0.3, -0.25) is 9.59 Å². The third-order valence-corrected chi connectivity index (χ3v) is 6.17. The van der Waals surface area contributed by atoms with Gasteiger partial charge in [0.2, 0.25) is 16.9 Å². The van der Waals surface area contributed by atoms with Gasteiger partial charge in [0.05, 0.1) is 18.6 Å². The molecule has 0 aliphatic carbocycles. The second kappa shape index (κ2) is 8.77. The van der Waals surface area contributed by atoms with Crippen LogP contribution in [0.5, 0.6) is 0 Å². The molecule has 1 N–H and O–H groups in total. The lowest BCUT2D eigenvalue weighted by Gasteiger charge is -2.23. The highest BCUT2D eigenvalue weighted by Gasteiger charge is 2.36. The second-order valence-electron chi connectivity index (χ2n) is 5.95. The minimum atomic E-state index is -0.355. The fourth-order valence-corrected chi connectivity index (χ4v) is 4.44. The first-order chi connectivity index (χ1) is 11.4. The van der Waals surface area contributed by atoms with Crippen molar-refractivity contribution in [2.45, 2.75) is 49.2 Å². The lowest BCUT2D eigenvalue weighted by molar-refractivity contribution is -0.130. The molecule has 1 aliphatic heterocycles. The molecule has 1 fully saturated rings. The third kappa shape index (κ3) is 4.90. The molecule has 2 rings (SSSR count). The van der Waals surface area contributed by atoms with Gasteiger partial charge in [-0.25, -0.2) is 0 Å². The van der Waals surface area contributed by atoms with Crippen molar-refractivity contribution in [1.82, 2.24) is 15.1 Å². The number of rotatable bonds is 8. The lowest BCUT2D eigenvalue weighted by atomic mass is 10.1. The summed E-state index contributed by atoms with van der Waals surface area (Å²) in [5.41, 5.74) is 0. The zero-order chi connectivity index (χ0) is 17.7. The molecule has 2 amide bonds. The number of carbonyl (C=O) groups excluding carboxylic acids is 2. The van der Waals surface area contributed by atoms with Gasteiger partial charge in [-0.05, 0) is 13.3 Å². The van der Waals surface area contributed by atoms with Gasteiger partial charge in [0.25, 0.3) is 0 Å². The summed E-state index contributed by atoms with van der Waals surface area (Å²) in [7, 11) is 1.60. The SMILES string of the molecule is CCC(C)Sc1nnc(NC(=O)C2CC(=O)N(C(C)COC)C2)s1. The average Bonchev–Trinajstić information content (AvgIpc) is 3.14. The predicted octanol–water partition coefficient (Wildman–Crippen LogP) is 2.25. The molecular formula is C15H24N4O3S2. The van der Waals surface area contributed by atoms with Crippen LogP contribution in [0.3, 0.4) is 0 Å².